The molecule has 6 heteroatoms. The van der Waals surface area contributed by atoms with Crippen molar-refractivity contribution in [3.8, 4) is 0 Å². The largest absolute Gasteiger partial charge is 0.377 e. The molecule has 3 atom stereocenters. The number of nitrogens with zero attached hydrogens (tertiary/aromatic N) is 1. The van der Waals surface area contributed by atoms with Crippen molar-refractivity contribution in [2.24, 2.45) is 17.1 Å². The molecular formula is C15H27N3O3. The fourth-order valence-corrected chi connectivity index (χ4v) is 3.85. The van der Waals surface area contributed by atoms with Crippen LogP contribution in [0.25, 0.3) is 0 Å². The van der Waals surface area contributed by atoms with Crippen LogP contribution in [0.2, 0.25) is 0 Å². The Kier molecular flexibility index (Phi) is 4.31. The lowest BCUT2D eigenvalue weighted by molar-refractivity contribution is -0.230. The van der Waals surface area contributed by atoms with Crippen LogP contribution in [0.1, 0.15) is 33.6 Å². The van der Waals surface area contributed by atoms with Crippen molar-refractivity contribution >= 4 is 11.8 Å². The number of nitrogens with two attached hydrogens (primary N) is 1. The third-order valence-electron chi connectivity index (χ3n) is 5.32. The van der Waals surface area contributed by atoms with E-state index in [4.69, 9.17) is 10.5 Å². The Balaban J connectivity index is 2.21. The van der Waals surface area contributed by atoms with E-state index in [1.54, 1.807) is 11.9 Å². The van der Waals surface area contributed by atoms with Crippen LogP contribution < -0.4 is 11.1 Å². The van der Waals surface area contributed by atoms with E-state index in [9.17, 15) is 9.59 Å². The minimum absolute atomic E-state index is 0.0407. The van der Waals surface area contributed by atoms with Crippen LogP contribution in [0.15, 0.2) is 0 Å². The molecule has 2 aliphatic rings. The standard InChI is InChI=1S/C15H27N3O3/c1-5-18(9-11(19)17-4)13(20)15(16)10-7-6-8-21-12(10)14(15,2)3/h10,12H,5-9,16H2,1-4H3,(H,17,19). The number of rotatable bonds is 4. The van der Waals surface area contributed by atoms with Gasteiger partial charge in [0.25, 0.3) is 0 Å². The number of carbonyl (C=O) groups excluding carboxylic acids is 2. The summed E-state index contributed by atoms with van der Waals surface area (Å²) in [6.07, 6.45) is 1.89. The van der Waals surface area contributed by atoms with Gasteiger partial charge in [0.05, 0.1) is 12.6 Å². The molecule has 0 spiro atoms. The zero-order valence-electron chi connectivity index (χ0n) is 13.4. The van der Waals surface area contributed by atoms with Crippen molar-refractivity contribution in [3.05, 3.63) is 0 Å². The van der Waals surface area contributed by atoms with Gasteiger partial charge in [-0.2, -0.15) is 0 Å². The molecule has 1 saturated heterocycles. The normalized spacial score (nSPS) is 33.6. The molecule has 0 aromatic rings. The lowest BCUT2D eigenvalue weighted by Gasteiger charge is -2.65. The molecule has 3 N–H and O–H groups in total. The van der Waals surface area contributed by atoms with Gasteiger partial charge in [0, 0.05) is 31.5 Å². The second-order valence-corrected chi connectivity index (χ2v) is 6.62. The molecule has 1 aliphatic carbocycles. The maximum absolute atomic E-state index is 13.0. The zero-order chi connectivity index (χ0) is 15.8. The maximum Gasteiger partial charge on any atom is 0.244 e. The lowest BCUT2D eigenvalue weighted by atomic mass is 9.46. The van der Waals surface area contributed by atoms with E-state index >= 15 is 0 Å². The topological polar surface area (TPSA) is 84.7 Å². The smallest absolute Gasteiger partial charge is 0.244 e. The number of hydrogen-bond donors (Lipinski definition) is 2. The average molecular weight is 297 g/mol. The van der Waals surface area contributed by atoms with Gasteiger partial charge in [0.2, 0.25) is 11.8 Å². The van der Waals surface area contributed by atoms with E-state index < -0.39 is 11.0 Å². The van der Waals surface area contributed by atoms with Crippen LogP contribution in [-0.4, -0.2) is 55.1 Å². The van der Waals surface area contributed by atoms with E-state index in [1.807, 2.05) is 20.8 Å². The molecule has 2 fully saturated rings. The van der Waals surface area contributed by atoms with Gasteiger partial charge in [-0.25, -0.2) is 0 Å². The van der Waals surface area contributed by atoms with Crippen LogP contribution in [0.4, 0.5) is 0 Å². The number of likely N-dealkylation sites (N-methyl/N-ethyl adjacent to an activating group) is 2. The second-order valence-electron chi connectivity index (χ2n) is 6.62. The average Bonchev–Trinajstić information content (AvgIpc) is 2.50. The van der Waals surface area contributed by atoms with Gasteiger partial charge in [-0.3, -0.25) is 9.59 Å². The van der Waals surface area contributed by atoms with E-state index in [1.165, 1.54) is 0 Å². The first-order valence-corrected chi connectivity index (χ1v) is 7.71. The van der Waals surface area contributed by atoms with Crippen LogP contribution in [0, 0.1) is 11.3 Å². The van der Waals surface area contributed by atoms with Gasteiger partial charge in [0.1, 0.15) is 5.54 Å². The highest BCUT2D eigenvalue weighted by Crippen LogP contribution is 2.57. The van der Waals surface area contributed by atoms with Crippen molar-refractivity contribution < 1.29 is 14.3 Å². The number of nitrogens with one attached hydrogen (secondary N) is 1. The third-order valence-corrected chi connectivity index (χ3v) is 5.32. The van der Waals surface area contributed by atoms with Crippen molar-refractivity contribution in [1.82, 2.24) is 10.2 Å². The molecule has 2 rings (SSSR count). The van der Waals surface area contributed by atoms with Gasteiger partial charge in [-0.05, 0) is 19.8 Å². The van der Waals surface area contributed by atoms with E-state index in [0.717, 1.165) is 19.4 Å². The minimum atomic E-state index is -0.942. The SMILES string of the molecule is CCN(CC(=O)NC)C(=O)C1(N)C2CCCOC2C1(C)C. The van der Waals surface area contributed by atoms with Gasteiger partial charge in [-0.1, -0.05) is 13.8 Å². The molecule has 6 nitrogen and oxygen atoms in total. The summed E-state index contributed by atoms with van der Waals surface area (Å²) in [5, 5.41) is 2.55. The van der Waals surface area contributed by atoms with Crippen molar-refractivity contribution in [2.45, 2.75) is 45.3 Å². The van der Waals surface area contributed by atoms with Gasteiger partial charge < -0.3 is 20.7 Å². The second kappa shape index (κ2) is 5.57. The predicted octanol–water partition coefficient (Wildman–Crippen LogP) is 0.113. The van der Waals surface area contributed by atoms with Crippen molar-refractivity contribution in [2.75, 3.05) is 26.7 Å². The van der Waals surface area contributed by atoms with Crippen molar-refractivity contribution in [1.29, 1.82) is 0 Å². The molecule has 2 amide bonds. The summed E-state index contributed by atoms with van der Waals surface area (Å²) in [5.41, 5.74) is 5.22. The Morgan fingerprint density at radius 3 is 2.67 bits per heavy atom. The molecule has 1 saturated carbocycles. The molecule has 120 valence electrons. The fraction of sp³-hybridized carbons (Fsp3) is 0.867. The summed E-state index contributed by atoms with van der Waals surface area (Å²) < 4.78 is 5.82. The molecular weight excluding hydrogens is 270 g/mol. The van der Waals surface area contributed by atoms with Gasteiger partial charge >= 0.3 is 0 Å². The fourth-order valence-electron chi connectivity index (χ4n) is 3.85. The summed E-state index contributed by atoms with van der Waals surface area (Å²) >= 11 is 0. The summed E-state index contributed by atoms with van der Waals surface area (Å²) in [6.45, 7) is 7.12. The predicted molar refractivity (Wildman–Crippen MR) is 79.5 cm³/mol. The van der Waals surface area contributed by atoms with E-state index in [0.29, 0.717) is 6.54 Å². The Labute approximate surface area is 126 Å². The number of hydrogen-bond acceptors (Lipinski definition) is 4. The van der Waals surface area contributed by atoms with Crippen molar-refractivity contribution in [3.63, 3.8) is 0 Å². The lowest BCUT2D eigenvalue weighted by Crippen LogP contribution is -2.82. The summed E-state index contributed by atoms with van der Waals surface area (Å²) in [6, 6.07) is 0. The Morgan fingerprint density at radius 2 is 2.10 bits per heavy atom. The number of carbonyl (C=O) groups is 2. The summed E-state index contributed by atoms with van der Waals surface area (Å²) in [5.74, 6) is -0.264. The number of fused-ring (bicyclic) bond motifs is 1. The molecule has 21 heavy (non-hydrogen) atoms. The van der Waals surface area contributed by atoms with Crippen LogP contribution in [-0.2, 0) is 14.3 Å². The maximum atomic E-state index is 13.0. The molecule has 0 aromatic heterocycles. The highest BCUT2D eigenvalue weighted by molar-refractivity contribution is 5.92. The first-order chi connectivity index (χ1) is 9.80. The van der Waals surface area contributed by atoms with Gasteiger partial charge in [-0.15, -0.1) is 0 Å². The first kappa shape index (κ1) is 16.2. The van der Waals surface area contributed by atoms with E-state index in [2.05, 4.69) is 5.32 Å². The third kappa shape index (κ3) is 2.25. The molecule has 1 heterocycles. The summed E-state index contributed by atoms with van der Waals surface area (Å²) in [7, 11) is 1.57. The molecule has 3 unspecified atom stereocenters. The molecule has 1 aliphatic heterocycles. The quantitative estimate of drug-likeness (QED) is 0.771. The first-order valence-electron chi connectivity index (χ1n) is 7.71. The highest BCUT2D eigenvalue weighted by atomic mass is 16.5. The molecule has 0 radical (unpaired) electrons. The van der Waals surface area contributed by atoms with Crippen LogP contribution in [0.5, 0.6) is 0 Å². The van der Waals surface area contributed by atoms with Crippen LogP contribution >= 0.6 is 0 Å². The molecule has 0 aromatic carbocycles. The van der Waals surface area contributed by atoms with Crippen LogP contribution in [0.3, 0.4) is 0 Å². The monoisotopic (exact) mass is 297 g/mol. The molecule has 0 bridgehead atoms. The minimum Gasteiger partial charge on any atom is -0.377 e. The Morgan fingerprint density at radius 1 is 1.43 bits per heavy atom. The Hall–Kier alpha value is -1.14. The van der Waals surface area contributed by atoms with Gasteiger partial charge in [0.15, 0.2) is 0 Å². The number of amides is 2. The number of ether oxygens (including phenoxy) is 1. The Bertz CT molecular complexity index is 438. The zero-order valence-corrected chi connectivity index (χ0v) is 13.4. The van der Waals surface area contributed by atoms with E-state index in [-0.39, 0.29) is 30.4 Å². The summed E-state index contributed by atoms with van der Waals surface area (Å²) in [4.78, 5) is 26.1. The highest BCUT2D eigenvalue weighted by Gasteiger charge is 2.70.